The van der Waals surface area contributed by atoms with Crippen LogP contribution >= 0.6 is 15.9 Å². The molecule has 84 valence electrons. The molecule has 0 atom stereocenters. The molecule has 0 aliphatic carbocycles. The van der Waals surface area contributed by atoms with Gasteiger partial charge in [-0.3, -0.25) is 0 Å². The van der Waals surface area contributed by atoms with Gasteiger partial charge >= 0.3 is 0 Å². The fourth-order valence-electron chi connectivity index (χ4n) is 1.53. The topological polar surface area (TPSA) is 17.0 Å². The van der Waals surface area contributed by atoms with Crippen LogP contribution in [0.4, 0.5) is 10.1 Å². The van der Waals surface area contributed by atoms with Gasteiger partial charge in [0.05, 0.1) is 12.2 Å². The number of aryl methyl sites for hydroxylation is 1. The van der Waals surface area contributed by atoms with Crippen molar-refractivity contribution in [1.29, 1.82) is 0 Å². The number of nitrogens with zero attached hydrogens (tertiary/aromatic N) is 1. The van der Waals surface area contributed by atoms with Crippen molar-refractivity contribution in [2.24, 2.45) is 7.05 Å². The van der Waals surface area contributed by atoms with Crippen molar-refractivity contribution in [2.45, 2.75) is 6.54 Å². The molecule has 16 heavy (non-hydrogen) atoms. The Morgan fingerprint density at radius 3 is 2.75 bits per heavy atom. The number of halogens is 2. The summed E-state index contributed by atoms with van der Waals surface area (Å²) in [6.45, 7) is 0.600. The van der Waals surface area contributed by atoms with Gasteiger partial charge < -0.3 is 9.88 Å². The molecule has 0 spiro atoms. The monoisotopic (exact) mass is 282 g/mol. The van der Waals surface area contributed by atoms with E-state index in [4.69, 9.17) is 0 Å². The van der Waals surface area contributed by atoms with Crippen LogP contribution in [0.1, 0.15) is 5.69 Å². The SMILES string of the molecule is Cn1cccc1CNc1c(F)cccc1Br. The maximum absolute atomic E-state index is 13.5. The predicted octanol–water partition coefficient (Wildman–Crippen LogP) is 3.54. The summed E-state index contributed by atoms with van der Waals surface area (Å²) in [7, 11) is 1.97. The van der Waals surface area contributed by atoms with Crippen molar-refractivity contribution in [3.63, 3.8) is 0 Å². The Bertz CT molecular complexity index is 473. The molecule has 2 rings (SSSR count). The molecule has 1 aromatic heterocycles. The maximum Gasteiger partial charge on any atom is 0.147 e. The van der Waals surface area contributed by atoms with Crippen molar-refractivity contribution in [3.8, 4) is 0 Å². The molecule has 0 saturated heterocycles. The van der Waals surface area contributed by atoms with Crippen LogP contribution < -0.4 is 5.32 Å². The molecule has 4 heteroatoms. The first-order valence-corrected chi connectivity index (χ1v) is 5.76. The number of aromatic nitrogens is 1. The lowest BCUT2D eigenvalue weighted by Gasteiger charge is -2.10. The maximum atomic E-state index is 13.5. The standard InChI is InChI=1S/C12H12BrFN2/c1-16-7-3-4-9(16)8-15-12-10(13)5-2-6-11(12)14/h2-7,15H,8H2,1H3. The second-order valence-corrected chi connectivity index (χ2v) is 4.41. The van der Waals surface area contributed by atoms with Gasteiger partial charge in [0.15, 0.2) is 0 Å². The van der Waals surface area contributed by atoms with Crippen molar-refractivity contribution >= 4 is 21.6 Å². The van der Waals surface area contributed by atoms with Gasteiger partial charge in [-0.05, 0) is 40.2 Å². The lowest BCUT2D eigenvalue weighted by Crippen LogP contribution is -2.05. The summed E-state index contributed by atoms with van der Waals surface area (Å²) in [5, 5.41) is 3.08. The molecule has 1 aromatic carbocycles. The molecule has 0 saturated carbocycles. The van der Waals surface area contributed by atoms with Crippen LogP contribution in [-0.2, 0) is 13.6 Å². The highest BCUT2D eigenvalue weighted by molar-refractivity contribution is 9.10. The highest BCUT2D eigenvalue weighted by Crippen LogP contribution is 2.25. The number of rotatable bonds is 3. The molecular weight excluding hydrogens is 271 g/mol. The molecule has 0 aliphatic heterocycles. The summed E-state index contributed by atoms with van der Waals surface area (Å²) < 4.78 is 16.2. The molecule has 1 N–H and O–H groups in total. The van der Waals surface area contributed by atoms with Gasteiger partial charge in [-0.15, -0.1) is 0 Å². The average molecular weight is 283 g/mol. The lowest BCUT2D eigenvalue weighted by molar-refractivity contribution is 0.629. The van der Waals surface area contributed by atoms with Crippen molar-refractivity contribution in [2.75, 3.05) is 5.32 Å². The fraction of sp³-hybridized carbons (Fsp3) is 0.167. The molecule has 0 radical (unpaired) electrons. The Hall–Kier alpha value is -1.29. The van der Waals surface area contributed by atoms with E-state index in [0.29, 0.717) is 12.2 Å². The van der Waals surface area contributed by atoms with Crippen LogP contribution in [0.5, 0.6) is 0 Å². The Kier molecular flexibility index (Phi) is 3.29. The molecule has 0 bridgehead atoms. The molecule has 1 heterocycles. The number of hydrogen-bond acceptors (Lipinski definition) is 1. The largest absolute Gasteiger partial charge is 0.376 e. The third-order valence-electron chi connectivity index (χ3n) is 2.46. The first-order chi connectivity index (χ1) is 7.68. The van der Waals surface area contributed by atoms with Crippen LogP contribution in [0.3, 0.4) is 0 Å². The van der Waals surface area contributed by atoms with Crippen LogP contribution in [0.2, 0.25) is 0 Å². The molecule has 0 fully saturated rings. The minimum Gasteiger partial charge on any atom is -0.376 e. The van der Waals surface area contributed by atoms with E-state index in [1.807, 2.05) is 36.0 Å². The first-order valence-electron chi connectivity index (χ1n) is 4.96. The van der Waals surface area contributed by atoms with E-state index in [1.165, 1.54) is 6.07 Å². The molecule has 2 aromatic rings. The van der Waals surface area contributed by atoms with Gasteiger partial charge in [0.1, 0.15) is 5.82 Å². The highest BCUT2D eigenvalue weighted by Gasteiger charge is 2.06. The lowest BCUT2D eigenvalue weighted by atomic mass is 10.3. The Labute approximate surface area is 102 Å². The smallest absolute Gasteiger partial charge is 0.147 e. The quantitative estimate of drug-likeness (QED) is 0.911. The number of nitrogens with one attached hydrogen (secondary N) is 1. The Morgan fingerprint density at radius 1 is 1.31 bits per heavy atom. The van der Waals surface area contributed by atoms with Gasteiger partial charge in [0.2, 0.25) is 0 Å². The molecular formula is C12H12BrFN2. The van der Waals surface area contributed by atoms with E-state index in [9.17, 15) is 4.39 Å². The zero-order valence-corrected chi connectivity index (χ0v) is 10.5. The van der Waals surface area contributed by atoms with E-state index in [2.05, 4.69) is 21.2 Å². The predicted molar refractivity (Wildman–Crippen MR) is 66.8 cm³/mol. The van der Waals surface area contributed by atoms with Crippen LogP contribution in [0, 0.1) is 5.82 Å². The number of anilines is 1. The van der Waals surface area contributed by atoms with Crippen molar-refractivity contribution < 1.29 is 4.39 Å². The minimum absolute atomic E-state index is 0.247. The van der Waals surface area contributed by atoms with E-state index < -0.39 is 0 Å². The van der Waals surface area contributed by atoms with E-state index >= 15 is 0 Å². The summed E-state index contributed by atoms with van der Waals surface area (Å²) >= 11 is 3.32. The summed E-state index contributed by atoms with van der Waals surface area (Å²) in [6, 6.07) is 8.90. The normalized spacial score (nSPS) is 10.4. The third kappa shape index (κ3) is 2.27. The summed E-state index contributed by atoms with van der Waals surface area (Å²) in [4.78, 5) is 0. The van der Waals surface area contributed by atoms with Gasteiger partial charge in [0, 0.05) is 23.4 Å². The van der Waals surface area contributed by atoms with Gasteiger partial charge in [-0.2, -0.15) is 0 Å². The number of benzene rings is 1. The summed E-state index contributed by atoms with van der Waals surface area (Å²) in [6.07, 6.45) is 1.97. The van der Waals surface area contributed by atoms with Gasteiger partial charge in [0.25, 0.3) is 0 Å². The van der Waals surface area contributed by atoms with Gasteiger partial charge in [-0.25, -0.2) is 4.39 Å². The number of para-hydroxylation sites is 1. The minimum atomic E-state index is -0.247. The molecule has 2 nitrogen and oxygen atoms in total. The molecule has 0 aliphatic rings. The highest BCUT2D eigenvalue weighted by atomic mass is 79.9. The van der Waals surface area contributed by atoms with Crippen molar-refractivity contribution in [1.82, 2.24) is 4.57 Å². The third-order valence-corrected chi connectivity index (χ3v) is 3.12. The fourth-order valence-corrected chi connectivity index (χ4v) is 2.01. The summed E-state index contributed by atoms with van der Waals surface area (Å²) in [5.41, 5.74) is 1.61. The number of hydrogen-bond donors (Lipinski definition) is 1. The van der Waals surface area contributed by atoms with Crippen LogP contribution in [-0.4, -0.2) is 4.57 Å². The Balaban J connectivity index is 2.14. The summed E-state index contributed by atoms with van der Waals surface area (Å²) in [5.74, 6) is -0.247. The average Bonchev–Trinajstić information content (AvgIpc) is 2.64. The van der Waals surface area contributed by atoms with Crippen LogP contribution in [0.25, 0.3) is 0 Å². The second-order valence-electron chi connectivity index (χ2n) is 3.56. The Morgan fingerprint density at radius 2 is 2.12 bits per heavy atom. The van der Waals surface area contributed by atoms with E-state index in [1.54, 1.807) is 6.07 Å². The van der Waals surface area contributed by atoms with E-state index in [-0.39, 0.29) is 5.82 Å². The zero-order chi connectivity index (χ0) is 11.5. The molecule has 0 unspecified atom stereocenters. The second kappa shape index (κ2) is 4.70. The van der Waals surface area contributed by atoms with E-state index in [0.717, 1.165) is 10.2 Å². The zero-order valence-electron chi connectivity index (χ0n) is 8.87. The molecule has 0 amide bonds. The van der Waals surface area contributed by atoms with Crippen molar-refractivity contribution in [3.05, 3.63) is 52.5 Å². The van der Waals surface area contributed by atoms with Crippen LogP contribution in [0.15, 0.2) is 41.0 Å². The van der Waals surface area contributed by atoms with Gasteiger partial charge in [-0.1, -0.05) is 6.07 Å². The first kappa shape index (κ1) is 11.2.